The van der Waals surface area contributed by atoms with Crippen LogP contribution in [0, 0.1) is 5.41 Å². The molecule has 22 heavy (non-hydrogen) atoms. The molecule has 0 spiro atoms. The Morgan fingerprint density at radius 1 is 1.27 bits per heavy atom. The van der Waals surface area contributed by atoms with Crippen LogP contribution < -0.4 is 16.7 Å². The molecule has 0 radical (unpaired) electrons. The normalized spacial score (nSPS) is 15.7. The summed E-state index contributed by atoms with van der Waals surface area (Å²) in [5.41, 5.74) is 5.79. The minimum Gasteiger partial charge on any atom is -0.369 e. The summed E-state index contributed by atoms with van der Waals surface area (Å²) in [6.45, 7) is 0. The van der Waals surface area contributed by atoms with Crippen molar-refractivity contribution in [1.29, 1.82) is 5.41 Å². The van der Waals surface area contributed by atoms with Crippen LogP contribution >= 0.6 is 0 Å². The van der Waals surface area contributed by atoms with Gasteiger partial charge < -0.3 is 5.73 Å². The lowest BCUT2D eigenvalue weighted by molar-refractivity contribution is 0.0844. The zero-order valence-electron chi connectivity index (χ0n) is 12.0. The fourth-order valence-corrected chi connectivity index (χ4v) is 3.59. The lowest BCUT2D eigenvalue weighted by Crippen LogP contribution is -2.46. The average Bonchev–Trinajstić information content (AvgIpc) is 2.98. The molecule has 0 unspecified atom stereocenters. The van der Waals surface area contributed by atoms with Gasteiger partial charge in [0.2, 0.25) is 16.0 Å². The fraction of sp³-hybridized carbons (Fsp3) is 0.385. The van der Waals surface area contributed by atoms with E-state index in [-0.39, 0.29) is 16.4 Å². The number of benzene rings is 1. The van der Waals surface area contributed by atoms with Crippen molar-refractivity contribution in [2.75, 3.05) is 0 Å². The van der Waals surface area contributed by atoms with E-state index < -0.39 is 21.9 Å². The van der Waals surface area contributed by atoms with Gasteiger partial charge in [0.05, 0.1) is 4.90 Å². The first-order chi connectivity index (χ1) is 10.2. The molecule has 7 N–H and O–H groups in total. The number of hydrogen-bond acceptors (Lipinski definition) is 5. The maximum Gasteiger partial charge on any atom is 0.274 e. The van der Waals surface area contributed by atoms with E-state index in [0.29, 0.717) is 10.6 Å². The van der Waals surface area contributed by atoms with Crippen molar-refractivity contribution in [3.63, 3.8) is 0 Å². The Balaban J connectivity index is 2.48. The third-order valence-electron chi connectivity index (χ3n) is 3.84. The Bertz CT molecular complexity index is 710. The molecule has 2 rings (SSSR count). The van der Waals surface area contributed by atoms with Crippen molar-refractivity contribution in [3.8, 4) is 0 Å². The van der Waals surface area contributed by atoms with Gasteiger partial charge in [-0.1, -0.05) is 18.9 Å². The van der Waals surface area contributed by atoms with Gasteiger partial charge in [-0.3, -0.25) is 10.2 Å². The van der Waals surface area contributed by atoms with Crippen LogP contribution in [0.1, 0.15) is 47.5 Å². The number of guanidine groups is 1. The molecule has 0 bridgehead atoms. The molecule has 1 saturated carbocycles. The van der Waals surface area contributed by atoms with E-state index in [1.54, 1.807) is 6.07 Å². The van der Waals surface area contributed by atoms with Gasteiger partial charge in [0.1, 0.15) is 0 Å². The molecule has 1 aromatic carbocycles. The number of nitrogens with zero attached hydrogens (tertiary/aromatic N) is 1. The summed E-state index contributed by atoms with van der Waals surface area (Å²) in [5.74, 6) is 4.08. The van der Waals surface area contributed by atoms with Gasteiger partial charge in [-0.2, -0.15) is 0 Å². The molecule has 9 heteroatoms. The summed E-state index contributed by atoms with van der Waals surface area (Å²) in [6, 6.07) is 4.28. The maximum atomic E-state index is 12.0. The third-order valence-corrected chi connectivity index (χ3v) is 4.81. The lowest BCUT2D eigenvalue weighted by Gasteiger charge is -2.17. The Kier molecular flexibility index (Phi) is 4.50. The topological polar surface area (TPSA) is 156 Å². The Hall–Kier alpha value is -1.97. The molecular formula is C13H19N5O3S. The zero-order chi connectivity index (χ0) is 16.5. The third kappa shape index (κ3) is 3.26. The quantitative estimate of drug-likeness (QED) is 0.205. The van der Waals surface area contributed by atoms with Crippen LogP contribution in [-0.4, -0.2) is 25.3 Å². The van der Waals surface area contributed by atoms with E-state index in [2.05, 4.69) is 0 Å². The molecule has 120 valence electrons. The highest BCUT2D eigenvalue weighted by atomic mass is 32.2. The predicted octanol–water partition coefficient (Wildman–Crippen LogP) is 0.201. The number of primary sulfonamides is 1. The second kappa shape index (κ2) is 6.03. The Labute approximate surface area is 128 Å². The van der Waals surface area contributed by atoms with Crippen molar-refractivity contribution in [2.24, 2.45) is 16.7 Å². The number of carbonyl (C=O) groups is 1. The van der Waals surface area contributed by atoms with Crippen LogP contribution in [0.5, 0.6) is 0 Å². The van der Waals surface area contributed by atoms with E-state index >= 15 is 0 Å². The summed E-state index contributed by atoms with van der Waals surface area (Å²) >= 11 is 0. The van der Waals surface area contributed by atoms with Gasteiger partial charge in [0.15, 0.2) is 0 Å². The Morgan fingerprint density at radius 3 is 2.36 bits per heavy atom. The molecular weight excluding hydrogens is 306 g/mol. The van der Waals surface area contributed by atoms with E-state index in [0.717, 1.165) is 25.7 Å². The highest BCUT2D eigenvalue weighted by Crippen LogP contribution is 2.37. The predicted molar refractivity (Wildman–Crippen MR) is 81.3 cm³/mol. The number of carbonyl (C=O) groups excluding carboxylic acids is 1. The van der Waals surface area contributed by atoms with E-state index in [9.17, 15) is 13.2 Å². The van der Waals surface area contributed by atoms with Crippen molar-refractivity contribution < 1.29 is 13.2 Å². The molecule has 1 amide bonds. The highest BCUT2D eigenvalue weighted by molar-refractivity contribution is 7.89. The Morgan fingerprint density at radius 2 is 1.86 bits per heavy atom. The summed E-state index contributed by atoms with van der Waals surface area (Å²) < 4.78 is 23.7. The number of hydrogen-bond donors (Lipinski definition) is 4. The van der Waals surface area contributed by atoms with Crippen molar-refractivity contribution in [2.45, 2.75) is 36.5 Å². The summed E-state index contributed by atoms with van der Waals surface area (Å²) in [6.07, 6.45) is 3.87. The average molecular weight is 325 g/mol. The minimum absolute atomic E-state index is 0.0171. The van der Waals surface area contributed by atoms with Crippen molar-refractivity contribution in [1.82, 2.24) is 5.01 Å². The molecule has 1 aliphatic carbocycles. The summed E-state index contributed by atoms with van der Waals surface area (Å²) in [5, 5.41) is 12.9. The molecule has 1 aliphatic rings. The number of rotatable bonds is 3. The fourth-order valence-electron chi connectivity index (χ4n) is 2.74. The first kappa shape index (κ1) is 16.4. The van der Waals surface area contributed by atoms with Gasteiger partial charge in [-0.25, -0.2) is 24.4 Å². The monoisotopic (exact) mass is 325 g/mol. The number of nitrogens with two attached hydrogens (primary N) is 3. The molecule has 8 nitrogen and oxygen atoms in total. The SMILES string of the molecule is N=C(N)N(N)C(=O)c1ccc(C2CCCC2)c(S(N)(=O)=O)c1. The molecule has 0 atom stereocenters. The van der Waals surface area contributed by atoms with Crippen LogP contribution in [0.25, 0.3) is 0 Å². The van der Waals surface area contributed by atoms with Gasteiger partial charge >= 0.3 is 0 Å². The molecule has 1 aromatic rings. The first-order valence-corrected chi connectivity index (χ1v) is 8.36. The van der Waals surface area contributed by atoms with Crippen LogP contribution in [0.3, 0.4) is 0 Å². The molecule has 0 saturated heterocycles. The first-order valence-electron chi connectivity index (χ1n) is 6.81. The van der Waals surface area contributed by atoms with Crippen molar-refractivity contribution in [3.05, 3.63) is 29.3 Å². The summed E-state index contributed by atoms with van der Waals surface area (Å²) in [7, 11) is -3.97. The molecule has 1 fully saturated rings. The molecule has 0 aromatic heterocycles. The van der Waals surface area contributed by atoms with Gasteiger partial charge in [-0.05, 0) is 36.5 Å². The van der Waals surface area contributed by atoms with Crippen LogP contribution in [-0.2, 0) is 10.0 Å². The standard InChI is InChI=1S/C13H19N5O3S/c14-13(15)18(16)12(19)9-5-6-10(8-3-1-2-4-8)11(7-9)22(17,20)21/h5-8H,1-4,16H2,(H3,14,15)(H2,17,20,21). The molecule has 0 heterocycles. The summed E-state index contributed by atoms with van der Waals surface area (Å²) in [4.78, 5) is 12.0. The second-order valence-electron chi connectivity index (χ2n) is 5.34. The van der Waals surface area contributed by atoms with E-state index in [1.165, 1.54) is 12.1 Å². The van der Waals surface area contributed by atoms with E-state index in [4.69, 9.17) is 22.1 Å². The van der Waals surface area contributed by atoms with Gasteiger partial charge in [-0.15, -0.1) is 0 Å². The largest absolute Gasteiger partial charge is 0.369 e. The number of hydrazine groups is 1. The number of amides is 1. The smallest absolute Gasteiger partial charge is 0.274 e. The maximum absolute atomic E-state index is 12.0. The van der Waals surface area contributed by atoms with Crippen LogP contribution in [0.2, 0.25) is 0 Å². The van der Waals surface area contributed by atoms with Gasteiger partial charge in [0, 0.05) is 5.56 Å². The zero-order valence-corrected chi connectivity index (χ0v) is 12.8. The second-order valence-corrected chi connectivity index (χ2v) is 6.87. The van der Waals surface area contributed by atoms with Crippen LogP contribution in [0.4, 0.5) is 0 Å². The lowest BCUT2D eigenvalue weighted by atomic mass is 9.96. The van der Waals surface area contributed by atoms with Crippen LogP contribution in [0.15, 0.2) is 23.1 Å². The van der Waals surface area contributed by atoms with Gasteiger partial charge in [0.25, 0.3) is 5.91 Å². The number of sulfonamides is 1. The minimum atomic E-state index is -3.97. The highest BCUT2D eigenvalue weighted by Gasteiger charge is 2.26. The van der Waals surface area contributed by atoms with E-state index in [1.807, 2.05) is 0 Å². The van der Waals surface area contributed by atoms with Crippen molar-refractivity contribution >= 4 is 21.9 Å². The number of nitrogens with one attached hydrogen (secondary N) is 1. The molecule has 0 aliphatic heterocycles.